The van der Waals surface area contributed by atoms with E-state index in [1.165, 1.54) is 29.2 Å². The average molecular weight is 450 g/mol. The quantitative estimate of drug-likeness (QED) is 0.477. The molecule has 0 spiro atoms. The van der Waals surface area contributed by atoms with Gasteiger partial charge in [0.25, 0.3) is 0 Å². The number of halogens is 4. The van der Waals surface area contributed by atoms with Gasteiger partial charge in [0.05, 0.1) is 17.5 Å². The smallest absolute Gasteiger partial charge is 0.143 e. The van der Waals surface area contributed by atoms with Crippen molar-refractivity contribution in [3.63, 3.8) is 0 Å². The lowest BCUT2D eigenvalue weighted by atomic mass is 9.80. The van der Waals surface area contributed by atoms with Crippen molar-refractivity contribution in [2.75, 3.05) is 0 Å². The number of aromatic nitrogens is 5. The zero-order valence-corrected chi connectivity index (χ0v) is 16.8. The lowest BCUT2D eigenvalue weighted by molar-refractivity contribution is -0.0185. The van der Waals surface area contributed by atoms with Crippen LogP contribution in [0, 0.1) is 17.5 Å². The van der Waals surface area contributed by atoms with Gasteiger partial charge in [0.1, 0.15) is 40.8 Å². The van der Waals surface area contributed by atoms with Crippen molar-refractivity contribution in [1.29, 1.82) is 0 Å². The molecule has 2 atom stereocenters. The van der Waals surface area contributed by atoms with E-state index >= 15 is 0 Å². The van der Waals surface area contributed by atoms with E-state index in [2.05, 4.69) is 20.7 Å². The summed E-state index contributed by atoms with van der Waals surface area (Å²) >= 11 is 6.09. The molecule has 0 aliphatic rings. The summed E-state index contributed by atoms with van der Waals surface area (Å²) < 4.78 is 48.1. The average Bonchev–Trinajstić information content (AvgIpc) is 3.39. The van der Waals surface area contributed by atoms with E-state index in [-0.39, 0.29) is 22.9 Å². The third kappa shape index (κ3) is 4.04. The Hall–Kier alpha value is -3.24. The summed E-state index contributed by atoms with van der Waals surface area (Å²) in [6.45, 7) is 1.33. The number of rotatable bonds is 6. The maximum Gasteiger partial charge on any atom is 0.143 e. The van der Waals surface area contributed by atoms with Crippen LogP contribution in [-0.4, -0.2) is 30.5 Å². The van der Waals surface area contributed by atoms with Gasteiger partial charge in [-0.15, -0.1) is 5.10 Å². The Kier molecular flexibility index (Phi) is 5.50. The first-order chi connectivity index (χ1) is 14.8. The monoisotopic (exact) mass is 449 g/mol. The highest BCUT2D eigenvalue weighted by atomic mass is 35.5. The van der Waals surface area contributed by atoms with E-state index in [1.54, 1.807) is 6.92 Å². The van der Waals surface area contributed by atoms with Crippen molar-refractivity contribution in [2.45, 2.75) is 25.0 Å². The second-order valence-electron chi connectivity index (χ2n) is 7.02. The van der Waals surface area contributed by atoms with Gasteiger partial charge in [-0.3, -0.25) is 0 Å². The Balaban J connectivity index is 1.76. The molecule has 0 saturated carbocycles. The highest BCUT2D eigenvalue weighted by Gasteiger charge is 2.42. The fourth-order valence-electron chi connectivity index (χ4n) is 3.35. The molecule has 0 saturated heterocycles. The van der Waals surface area contributed by atoms with Crippen LogP contribution in [0.5, 0.6) is 0 Å². The molecule has 1 N–H and O–H groups in total. The third-order valence-electron chi connectivity index (χ3n) is 5.07. The van der Waals surface area contributed by atoms with Crippen LogP contribution in [0.4, 0.5) is 13.2 Å². The standard InChI is InChI=1S/C20H15ClF3N5O2/c1-11(19-8-18(26-31-19)14-4-2-12(22)6-16(14)21)20(30,9-29-10-25-27-28-29)15-5-3-13(23)7-17(15)24/h2-8,10-11,30H,9H2,1H3/t11-,20+/m0/s1. The van der Waals surface area contributed by atoms with Gasteiger partial charge in [0.2, 0.25) is 0 Å². The second-order valence-corrected chi connectivity index (χ2v) is 7.42. The van der Waals surface area contributed by atoms with Gasteiger partial charge in [-0.1, -0.05) is 29.7 Å². The van der Waals surface area contributed by atoms with Crippen molar-refractivity contribution in [3.05, 3.63) is 82.6 Å². The fourth-order valence-corrected chi connectivity index (χ4v) is 3.61. The molecule has 0 aliphatic carbocycles. The maximum absolute atomic E-state index is 14.7. The van der Waals surface area contributed by atoms with E-state index in [0.29, 0.717) is 17.3 Å². The first-order valence-electron chi connectivity index (χ1n) is 9.08. The van der Waals surface area contributed by atoms with Gasteiger partial charge in [0, 0.05) is 23.3 Å². The molecule has 2 aromatic heterocycles. The number of aliphatic hydroxyl groups is 1. The highest BCUT2D eigenvalue weighted by molar-refractivity contribution is 6.33. The zero-order chi connectivity index (χ0) is 22.2. The molecule has 0 amide bonds. The Morgan fingerprint density at radius 3 is 2.55 bits per heavy atom. The molecule has 0 bridgehead atoms. The molecule has 2 aromatic carbocycles. The van der Waals surface area contributed by atoms with Gasteiger partial charge in [-0.2, -0.15) is 0 Å². The van der Waals surface area contributed by atoms with Crippen molar-refractivity contribution in [3.8, 4) is 11.3 Å². The van der Waals surface area contributed by atoms with Crippen LogP contribution < -0.4 is 0 Å². The zero-order valence-electron chi connectivity index (χ0n) is 16.0. The van der Waals surface area contributed by atoms with Crippen molar-refractivity contribution in [2.24, 2.45) is 0 Å². The third-order valence-corrected chi connectivity index (χ3v) is 5.38. The summed E-state index contributed by atoms with van der Waals surface area (Å²) in [5, 5.41) is 26.4. The SMILES string of the molecule is C[C@@H](c1cc(-c2ccc(F)cc2Cl)no1)[C@](O)(Cn1cnnn1)c1ccc(F)cc1F. The number of hydrogen-bond donors (Lipinski definition) is 1. The summed E-state index contributed by atoms with van der Waals surface area (Å²) in [4.78, 5) is 0. The van der Waals surface area contributed by atoms with Crippen LogP contribution in [-0.2, 0) is 12.1 Å². The molecular weight excluding hydrogens is 435 g/mol. The molecule has 11 heteroatoms. The molecule has 0 aliphatic heterocycles. The second kappa shape index (κ2) is 8.12. The predicted octanol–water partition coefficient (Wildman–Crippen LogP) is 4.09. The van der Waals surface area contributed by atoms with Crippen LogP contribution in [0.3, 0.4) is 0 Å². The molecule has 31 heavy (non-hydrogen) atoms. The van der Waals surface area contributed by atoms with Crippen molar-refractivity contribution < 1.29 is 22.8 Å². The Morgan fingerprint density at radius 1 is 1.13 bits per heavy atom. The molecule has 4 rings (SSSR count). The van der Waals surface area contributed by atoms with Gasteiger partial charge >= 0.3 is 0 Å². The van der Waals surface area contributed by atoms with Crippen LogP contribution in [0.1, 0.15) is 24.2 Å². The molecule has 7 nitrogen and oxygen atoms in total. The largest absolute Gasteiger partial charge is 0.382 e. The van der Waals surface area contributed by atoms with E-state index < -0.39 is 29.0 Å². The van der Waals surface area contributed by atoms with Gasteiger partial charge in [-0.25, -0.2) is 17.9 Å². The minimum Gasteiger partial charge on any atom is -0.382 e. The van der Waals surface area contributed by atoms with Crippen LogP contribution in [0.25, 0.3) is 11.3 Å². The van der Waals surface area contributed by atoms with E-state index in [0.717, 1.165) is 18.2 Å². The predicted molar refractivity (Wildman–Crippen MR) is 103 cm³/mol. The minimum absolute atomic E-state index is 0.126. The molecule has 0 radical (unpaired) electrons. The molecule has 0 fully saturated rings. The van der Waals surface area contributed by atoms with Crippen LogP contribution >= 0.6 is 11.6 Å². The van der Waals surface area contributed by atoms with Gasteiger partial charge in [-0.05, 0) is 34.7 Å². The summed E-state index contributed by atoms with van der Waals surface area (Å²) in [5.41, 5.74) is -1.38. The lowest BCUT2D eigenvalue weighted by Gasteiger charge is -2.33. The molecule has 4 aromatic rings. The van der Waals surface area contributed by atoms with Gasteiger partial charge in [0.15, 0.2) is 0 Å². The first-order valence-corrected chi connectivity index (χ1v) is 9.46. The molecule has 0 unspecified atom stereocenters. The molecule has 160 valence electrons. The first kappa shape index (κ1) is 21.0. The minimum atomic E-state index is -1.93. The van der Waals surface area contributed by atoms with Gasteiger partial charge < -0.3 is 9.63 Å². The summed E-state index contributed by atoms with van der Waals surface area (Å²) in [6, 6.07) is 8.18. The number of benzene rings is 2. The summed E-state index contributed by atoms with van der Waals surface area (Å²) in [5.74, 6) is -2.92. The van der Waals surface area contributed by atoms with E-state index in [9.17, 15) is 18.3 Å². The number of nitrogens with zero attached hydrogens (tertiary/aromatic N) is 5. The van der Waals surface area contributed by atoms with E-state index in [1.807, 2.05) is 0 Å². The molecular formula is C20H15ClF3N5O2. The summed E-state index contributed by atoms with van der Waals surface area (Å²) in [7, 11) is 0. The molecule has 2 heterocycles. The summed E-state index contributed by atoms with van der Waals surface area (Å²) in [6.07, 6.45) is 1.25. The number of tetrazole rings is 1. The normalized spacial score (nSPS) is 14.4. The maximum atomic E-state index is 14.7. The lowest BCUT2D eigenvalue weighted by Crippen LogP contribution is -2.38. The Labute approximate surface area is 179 Å². The van der Waals surface area contributed by atoms with Crippen molar-refractivity contribution in [1.82, 2.24) is 25.4 Å². The Morgan fingerprint density at radius 2 is 1.87 bits per heavy atom. The van der Waals surface area contributed by atoms with Crippen molar-refractivity contribution >= 4 is 11.6 Å². The van der Waals surface area contributed by atoms with Crippen LogP contribution in [0.15, 0.2) is 53.3 Å². The topological polar surface area (TPSA) is 89.9 Å². The number of hydrogen-bond acceptors (Lipinski definition) is 6. The fraction of sp³-hybridized carbons (Fsp3) is 0.200. The highest BCUT2D eigenvalue weighted by Crippen LogP contribution is 2.41. The Bertz CT molecular complexity index is 1220. The van der Waals surface area contributed by atoms with E-state index in [4.69, 9.17) is 16.1 Å². The van der Waals surface area contributed by atoms with Crippen LogP contribution in [0.2, 0.25) is 5.02 Å².